The molecule has 9 heteroatoms. The summed E-state index contributed by atoms with van der Waals surface area (Å²) in [6.07, 6.45) is 0. The normalized spacial score (nSPS) is 10.6. The standard InChI is InChI=1S/C28H20N2O4S3/c1-19-3-7-21(8-4-19)33-27-13-11-23(15-25(27)29-17-35)37(31,32)24-12-14-28(26(16-24)30-18-36)34-22-9-5-20(2)6-10-22/h3-16H,1-2H3. The van der Waals surface area contributed by atoms with Gasteiger partial charge in [-0.05, 0) is 98.9 Å². The first-order valence-corrected chi connectivity index (χ1v) is 13.3. The Bertz CT molecular complexity index is 1530. The van der Waals surface area contributed by atoms with E-state index in [0.717, 1.165) is 11.1 Å². The zero-order chi connectivity index (χ0) is 26.4. The van der Waals surface area contributed by atoms with Crippen molar-refractivity contribution in [3.05, 3.63) is 96.1 Å². The molecule has 0 aliphatic heterocycles. The highest BCUT2D eigenvalue weighted by atomic mass is 32.2. The maximum absolute atomic E-state index is 13.5. The third kappa shape index (κ3) is 6.24. The minimum atomic E-state index is -3.97. The fourth-order valence-electron chi connectivity index (χ4n) is 3.38. The number of isothiocyanates is 2. The number of sulfone groups is 1. The summed E-state index contributed by atoms with van der Waals surface area (Å²) in [7, 11) is -3.97. The first-order chi connectivity index (χ1) is 17.8. The molecule has 0 atom stereocenters. The Kier molecular flexibility index (Phi) is 8.04. The van der Waals surface area contributed by atoms with Gasteiger partial charge in [0.1, 0.15) is 22.9 Å². The minimum absolute atomic E-state index is 0.00255. The van der Waals surface area contributed by atoms with E-state index < -0.39 is 9.84 Å². The molecule has 6 nitrogen and oxygen atoms in total. The molecule has 4 aromatic rings. The molecule has 0 radical (unpaired) electrons. The average Bonchev–Trinajstić information content (AvgIpc) is 2.89. The van der Waals surface area contributed by atoms with Gasteiger partial charge in [0.2, 0.25) is 9.84 Å². The Balaban J connectivity index is 1.69. The molecule has 4 rings (SSSR count). The van der Waals surface area contributed by atoms with E-state index >= 15 is 0 Å². The number of benzene rings is 4. The van der Waals surface area contributed by atoms with Crippen molar-refractivity contribution in [2.45, 2.75) is 23.6 Å². The van der Waals surface area contributed by atoms with Gasteiger partial charge in [0, 0.05) is 0 Å². The Hall–Kier alpha value is -3.97. The molecule has 0 spiro atoms. The summed E-state index contributed by atoms with van der Waals surface area (Å²) in [5.74, 6) is 1.84. The van der Waals surface area contributed by atoms with Crippen LogP contribution < -0.4 is 9.47 Å². The number of hydrogen-bond donors (Lipinski definition) is 0. The van der Waals surface area contributed by atoms with Gasteiger partial charge in [0.15, 0.2) is 11.5 Å². The topological polar surface area (TPSA) is 77.3 Å². The molecule has 0 amide bonds. The highest BCUT2D eigenvalue weighted by molar-refractivity contribution is 7.91. The van der Waals surface area contributed by atoms with Crippen LogP contribution in [0.25, 0.3) is 0 Å². The molecule has 0 bridgehead atoms. The van der Waals surface area contributed by atoms with Gasteiger partial charge in [-0.3, -0.25) is 0 Å². The third-order valence-electron chi connectivity index (χ3n) is 5.31. The molecule has 37 heavy (non-hydrogen) atoms. The number of thiocarbonyl (C=S) groups is 2. The van der Waals surface area contributed by atoms with E-state index in [-0.39, 0.29) is 21.2 Å². The molecule has 4 aromatic carbocycles. The van der Waals surface area contributed by atoms with Crippen LogP contribution in [0, 0.1) is 13.8 Å². The molecule has 0 aliphatic rings. The number of nitrogens with zero attached hydrogens (tertiary/aromatic N) is 2. The van der Waals surface area contributed by atoms with E-state index in [1.807, 2.05) is 62.4 Å². The van der Waals surface area contributed by atoms with Crippen molar-refractivity contribution in [1.82, 2.24) is 0 Å². The summed E-state index contributed by atoms with van der Waals surface area (Å²) < 4.78 is 38.8. The van der Waals surface area contributed by atoms with Crippen LogP contribution >= 0.6 is 24.4 Å². The second-order valence-electron chi connectivity index (χ2n) is 8.00. The first kappa shape index (κ1) is 26.1. The van der Waals surface area contributed by atoms with Crippen LogP contribution in [-0.4, -0.2) is 18.7 Å². The molecule has 184 valence electrons. The van der Waals surface area contributed by atoms with E-state index in [2.05, 4.69) is 20.3 Å². The van der Waals surface area contributed by atoms with E-state index in [9.17, 15) is 8.42 Å². The van der Waals surface area contributed by atoms with Gasteiger partial charge in [0.25, 0.3) is 0 Å². The molecule has 0 heterocycles. The Morgan fingerprint density at radius 2 is 1.00 bits per heavy atom. The lowest BCUT2D eigenvalue weighted by Crippen LogP contribution is -2.02. The summed E-state index contributed by atoms with van der Waals surface area (Å²) in [6, 6.07) is 23.6. The second kappa shape index (κ2) is 11.4. The minimum Gasteiger partial charge on any atom is -0.455 e. The molecule has 0 aliphatic carbocycles. The van der Waals surface area contributed by atoms with Crippen molar-refractivity contribution in [2.24, 2.45) is 9.98 Å². The first-order valence-electron chi connectivity index (χ1n) is 11.0. The van der Waals surface area contributed by atoms with E-state index in [0.29, 0.717) is 23.0 Å². The monoisotopic (exact) mass is 544 g/mol. The number of aliphatic imine (C=N–C) groups is 2. The number of ether oxygens (including phenoxy) is 2. The van der Waals surface area contributed by atoms with Crippen molar-refractivity contribution in [1.29, 1.82) is 0 Å². The zero-order valence-corrected chi connectivity index (χ0v) is 22.3. The lowest BCUT2D eigenvalue weighted by molar-refractivity contribution is 0.483. The van der Waals surface area contributed by atoms with Crippen LogP contribution in [0.1, 0.15) is 11.1 Å². The molecular weight excluding hydrogens is 525 g/mol. The third-order valence-corrected chi connectivity index (χ3v) is 7.24. The predicted octanol–water partition coefficient (Wildman–Crippen LogP) is 8.19. The summed E-state index contributed by atoms with van der Waals surface area (Å²) in [5, 5.41) is 4.56. The van der Waals surface area contributed by atoms with E-state index in [1.165, 1.54) is 36.4 Å². The molecule has 0 fully saturated rings. The highest BCUT2D eigenvalue weighted by Gasteiger charge is 2.22. The molecule has 0 saturated carbocycles. The van der Waals surface area contributed by atoms with Gasteiger partial charge in [-0.25, -0.2) is 8.42 Å². The quantitative estimate of drug-likeness (QED) is 0.164. The van der Waals surface area contributed by atoms with Gasteiger partial charge >= 0.3 is 0 Å². The highest BCUT2D eigenvalue weighted by Crippen LogP contribution is 2.38. The summed E-state index contributed by atoms with van der Waals surface area (Å²) >= 11 is 9.52. The van der Waals surface area contributed by atoms with Crippen LogP contribution in [0.3, 0.4) is 0 Å². The zero-order valence-electron chi connectivity index (χ0n) is 19.8. The molecule has 0 N–H and O–H groups in total. The molecule has 0 aromatic heterocycles. The van der Waals surface area contributed by atoms with Gasteiger partial charge in [-0.15, -0.1) is 0 Å². The smallest absolute Gasteiger partial charge is 0.206 e. The summed E-state index contributed by atoms with van der Waals surface area (Å²) in [4.78, 5) is 8.03. The Morgan fingerprint density at radius 3 is 1.35 bits per heavy atom. The maximum atomic E-state index is 13.5. The SMILES string of the molecule is Cc1ccc(Oc2ccc(S(=O)(=O)c3ccc(Oc4ccc(C)cc4)c(N=C=S)c3)cc2N=C=S)cc1. The second-order valence-corrected chi connectivity index (χ2v) is 10.3. The number of aryl methyl sites for hydroxylation is 2. The number of hydrogen-bond acceptors (Lipinski definition) is 8. The van der Waals surface area contributed by atoms with E-state index in [1.54, 1.807) is 0 Å². The van der Waals surface area contributed by atoms with Crippen LogP contribution in [0.4, 0.5) is 11.4 Å². The fourth-order valence-corrected chi connectivity index (χ4v) is 4.87. The van der Waals surface area contributed by atoms with Gasteiger partial charge in [0.05, 0.1) is 20.1 Å². The lowest BCUT2D eigenvalue weighted by Gasteiger charge is -2.12. The predicted molar refractivity (Wildman–Crippen MR) is 150 cm³/mol. The van der Waals surface area contributed by atoms with Gasteiger partial charge in [-0.1, -0.05) is 35.4 Å². The van der Waals surface area contributed by atoms with Gasteiger partial charge in [-0.2, -0.15) is 9.98 Å². The van der Waals surface area contributed by atoms with Crippen molar-refractivity contribution < 1.29 is 17.9 Å². The van der Waals surface area contributed by atoms with Crippen LogP contribution in [0.2, 0.25) is 0 Å². The van der Waals surface area contributed by atoms with Crippen molar-refractivity contribution in [3.63, 3.8) is 0 Å². The largest absolute Gasteiger partial charge is 0.455 e. The lowest BCUT2D eigenvalue weighted by atomic mass is 10.2. The molecular formula is C28H20N2O4S3. The number of rotatable bonds is 8. The fraction of sp³-hybridized carbons (Fsp3) is 0.0714. The van der Waals surface area contributed by atoms with Crippen molar-refractivity contribution in [3.8, 4) is 23.0 Å². The van der Waals surface area contributed by atoms with Crippen LogP contribution in [0.5, 0.6) is 23.0 Å². The van der Waals surface area contributed by atoms with Crippen molar-refractivity contribution in [2.75, 3.05) is 0 Å². The van der Waals surface area contributed by atoms with Crippen LogP contribution in [0.15, 0.2) is 105 Å². The summed E-state index contributed by atoms with van der Waals surface area (Å²) in [6.45, 7) is 3.94. The van der Waals surface area contributed by atoms with E-state index in [4.69, 9.17) is 33.9 Å². The maximum Gasteiger partial charge on any atom is 0.206 e. The average molecular weight is 545 g/mol. The van der Waals surface area contributed by atoms with Crippen LogP contribution in [-0.2, 0) is 9.84 Å². The van der Waals surface area contributed by atoms with Crippen molar-refractivity contribution >= 4 is 56.0 Å². The molecule has 0 unspecified atom stereocenters. The summed E-state index contributed by atoms with van der Waals surface area (Å²) in [5.41, 5.74) is 2.62. The Labute approximate surface area is 225 Å². The molecule has 0 saturated heterocycles. The van der Waals surface area contributed by atoms with Gasteiger partial charge < -0.3 is 9.47 Å². The Morgan fingerprint density at radius 1 is 0.622 bits per heavy atom.